The average Bonchev–Trinajstić information content (AvgIpc) is 2.58. The lowest BCUT2D eigenvalue weighted by atomic mass is 10.3. The standard InChI is InChI=1S/C10H10Cl2N2O.C2H6/c1-5(11)9(12)7-4-8(10(13)15)14(3)6(7)2;1-2/h4H,1-2H2,3H3,(H2,13,15);1-2H3/b9-7+;. The molecule has 5 heteroatoms. The molecule has 0 aliphatic heterocycles. The Morgan fingerprint density at radius 3 is 2.18 bits per heavy atom. The number of allylic oxidation sites excluding steroid dienone is 1. The van der Waals surface area contributed by atoms with Crippen LogP contribution in [0.15, 0.2) is 17.7 Å². The highest BCUT2D eigenvalue weighted by molar-refractivity contribution is 6.56. The van der Waals surface area contributed by atoms with Crippen LogP contribution in [0.25, 0.3) is 11.6 Å². The molecular formula is C12H16Cl2N2O. The normalized spacial score (nSPS) is 11.4. The number of hydrogen-bond donors (Lipinski definition) is 1. The first-order chi connectivity index (χ1) is 7.86. The van der Waals surface area contributed by atoms with Gasteiger partial charge in [0.1, 0.15) is 5.69 Å². The Morgan fingerprint density at radius 1 is 1.41 bits per heavy atom. The van der Waals surface area contributed by atoms with Gasteiger partial charge in [-0.05, 0) is 6.07 Å². The van der Waals surface area contributed by atoms with Crippen molar-refractivity contribution in [2.45, 2.75) is 13.8 Å². The monoisotopic (exact) mass is 274 g/mol. The molecule has 0 aliphatic rings. The lowest BCUT2D eigenvalue weighted by molar-refractivity contribution is 0.0992. The third kappa shape index (κ3) is 3.38. The van der Waals surface area contributed by atoms with Crippen LogP contribution < -0.4 is 16.3 Å². The van der Waals surface area contributed by atoms with Crippen molar-refractivity contribution in [3.8, 4) is 0 Å². The first kappa shape index (κ1) is 15.8. The zero-order valence-electron chi connectivity index (χ0n) is 10.2. The van der Waals surface area contributed by atoms with Crippen molar-refractivity contribution in [3.63, 3.8) is 0 Å². The minimum atomic E-state index is -0.543. The topological polar surface area (TPSA) is 48.0 Å². The summed E-state index contributed by atoms with van der Waals surface area (Å²) in [5.74, 6) is -0.543. The van der Waals surface area contributed by atoms with Crippen molar-refractivity contribution in [2.75, 3.05) is 0 Å². The van der Waals surface area contributed by atoms with Crippen LogP contribution in [0.2, 0.25) is 0 Å². The molecular weight excluding hydrogens is 259 g/mol. The van der Waals surface area contributed by atoms with Crippen LogP contribution >= 0.6 is 23.2 Å². The fourth-order valence-electron chi connectivity index (χ4n) is 1.22. The lowest BCUT2D eigenvalue weighted by Crippen LogP contribution is -2.28. The van der Waals surface area contributed by atoms with Gasteiger partial charge in [0.2, 0.25) is 0 Å². The van der Waals surface area contributed by atoms with E-state index in [-0.39, 0.29) is 10.1 Å². The predicted octanol–water partition coefficient (Wildman–Crippen LogP) is 1.66. The summed E-state index contributed by atoms with van der Waals surface area (Å²) >= 11 is 11.6. The van der Waals surface area contributed by atoms with Crippen LogP contribution in [0.4, 0.5) is 0 Å². The average molecular weight is 275 g/mol. The van der Waals surface area contributed by atoms with Crippen LogP contribution in [0.3, 0.4) is 0 Å². The molecule has 3 nitrogen and oxygen atoms in total. The number of halogens is 2. The van der Waals surface area contributed by atoms with E-state index >= 15 is 0 Å². The minimum Gasteiger partial charge on any atom is -0.364 e. The first-order valence-corrected chi connectivity index (χ1v) is 5.81. The van der Waals surface area contributed by atoms with Crippen molar-refractivity contribution in [2.24, 2.45) is 12.8 Å². The van der Waals surface area contributed by atoms with E-state index in [1.165, 1.54) is 0 Å². The Labute approximate surface area is 111 Å². The summed E-state index contributed by atoms with van der Waals surface area (Å²) in [7, 11) is 1.67. The number of nitrogens with two attached hydrogens (primary N) is 1. The predicted molar refractivity (Wildman–Crippen MR) is 74.3 cm³/mol. The zero-order valence-corrected chi connectivity index (χ0v) is 11.7. The summed E-state index contributed by atoms with van der Waals surface area (Å²) in [6.07, 6.45) is 0. The molecule has 0 aromatic carbocycles. The van der Waals surface area contributed by atoms with Crippen molar-refractivity contribution in [3.05, 3.63) is 33.9 Å². The molecule has 0 bridgehead atoms. The summed E-state index contributed by atoms with van der Waals surface area (Å²) in [6, 6.07) is 1.54. The number of primary amides is 1. The van der Waals surface area contributed by atoms with E-state index in [1.807, 2.05) is 13.8 Å². The second-order valence-corrected chi connectivity index (χ2v) is 3.87. The van der Waals surface area contributed by atoms with Gasteiger partial charge in [0.25, 0.3) is 5.91 Å². The van der Waals surface area contributed by atoms with Gasteiger partial charge >= 0.3 is 0 Å². The molecule has 1 aromatic heterocycles. The Bertz CT molecular complexity index is 544. The number of hydrogen-bond acceptors (Lipinski definition) is 1. The Kier molecular flexibility index (Phi) is 6.07. The fourth-order valence-corrected chi connectivity index (χ4v) is 1.48. The van der Waals surface area contributed by atoms with Crippen LogP contribution in [0.1, 0.15) is 24.3 Å². The number of carbonyl (C=O) groups excluding carboxylic acids is 1. The third-order valence-electron chi connectivity index (χ3n) is 2.09. The van der Waals surface area contributed by atoms with E-state index in [9.17, 15) is 4.79 Å². The summed E-state index contributed by atoms with van der Waals surface area (Å²) in [4.78, 5) is 11.0. The van der Waals surface area contributed by atoms with Crippen LogP contribution in [0, 0.1) is 0 Å². The highest BCUT2D eigenvalue weighted by Gasteiger charge is 2.09. The molecule has 0 aliphatic carbocycles. The van der Waals surface area contributed by atoms with Gasteiger partial charge in [-0.1, -0.05) is 50.2 Å². The van der Waals surface area contributed by atoms with Crippen molar-refractivity contribution in [1.82, 2.24) is 4.57 Å². The van der Waals surface area contributed by atoms with Crippen LogP contribution in [0.5, 0.6) is 0 Å². The largest absolute Gasteiger partial charge is 0.364 e. The highest BCUT2D eigenvalue weighted by atomic mass is 35.5. The Balaban J connectivity index is 0.00000121. The summed E-state index contributed by atoms with van der Waals surface area (Å²) in [5.41, 5.74) is 5.50. The van der Waals surface area contributed by atoms with E-state index in [1.54, 1.807) is 17.7 Å². The fraction of sp³-hybridized carbons (Fsp3) is 0.250. The maximum absolute atomic E-state index is 11.0. The van der Waals surface area contributed by atoms with Gasteiger partial charge in [-0.25, -0.2) is 0 Å². The Morgan fingerprint density at radius 2 is 1.88 bits per heavy atom. The first-order valence-electron chi connectivity index (χ1n) is 5.05. The van der Waals surface area contributed by atoms with Crippen molar-refractivity contribution < 1.29 is 4.79 Å². The van der Waals surface area contributed by atoms with E-state index in [4.69, 9.17) is 28.9 Å². The second kappa shape index (κ2) is 6.52. The number of amides is 1. The van der Waals surface area contributed by atoms with Gasteiger partial charge in [-0.15, -0.1) is 0 Å². The number of carbonyl (C=O) groups is 1. The zero-order chi connectivity index (χ0) is 13.7. The lowest BCUT2D eigenvalue weighted by Gasteiger charge is -1.96. The molecule has 2 N–H and O–H groups in total. The van der Waals surface area contributed by atoms with Gasteiger partial charge in [0.15, 0.2) is 0 Å². The van der Waals surface area contributed by atoms with Crippen LogP contribution in [-0.2, 0) is 7.05 Å². The highest BCUT2D eigenvalue weighted by Crippen LogP contribution is 2.15. The van der Waals surface area contributed by atoms with Gasteiger partial charge < -0.3 is 10.3 Å². The molecule has 0 fully saturated rings. The van der Waals surface area contributed by atoms with E-state index in [0.717, 1.165) is 0 Å². The molecule has 1 amide bonds. The molecule has 0 radical (unpaired) electrons. The minimum absolute atomic E-state index is 0.197. The maximum atomic E-state index is 11.0. The molecule has 0 atom stereocenters. The molecule has 0 spiro atoms. The Hall–Kier alpha value is -1.19. The van der Waals surface area contributed by atoms with E-state index in [2.05, 4.69) is 13.2 Å². The summed E-state index contributed by atoms with van der Waals surface area (Å²) < 4.78 is 1.56. The van der Waals surface area contributed by atoms with E-state index in [0.29, 0.717) is 16.3 Å². The quantitative estimate of drug-likeness (QED) is 0.876. The smallest absolute Gasteiger partial charge is 0.265 e. The molecule has 1 heterocycles. The number of rotatable bonds is 2. The molecule has 0 unspecified atom stereocenters. The number of nitrogens with zero attached hydrogens (tertiary/aromatic N) is 1. The summed E-state index contributed by atoms with van der Waals surface area (Å²) in [5, 5.41) is 1.59. The van der Waals surface area contributed by atoms with E-state index < -0.39 is 5.91 Å². The molecule has 17 heavy (non-hydrogen) atoms. The van der Waals surface area contributed by atoms with Gasteiger partial charge in [-0.2, -0.15) is 0 Å². The molecule has 94 valence electrons. The second-order valence-electron chi connectivity index (χ2n) is 3.03. The molecule has 0 saturated heterocycles. The third-order valence-corrected chi connectivity index (χ3v) is 2.80. The van der Waals surface area contributed by atoms with Gasteiger partial charge in [-0.3, -0.25) is 4.79 Å². The molecule has 1 rings (SSSR count). The van der Waals surface area contributed by atoms with Gasteiger partial charge in [0, 0.05) is 17.6 Å². The number of aromatic nitrogens is 1. The molecule has 0 saturated carbocycles. The summed E-state index contributed by atoms with van der Waals surface area (Å²) in [6.45, 7) is 11.3. The van der Waals surface area contributed by atoms with Gasteiger partial charge in [0.05, 0.1) is 10.1 Å². The maximum Gasteiger partial charge on any atom is 0.265 e. The van der Waals surface area contributed by atoms with Crippen molar-refractivity contribution >= 4 is 40.7 Å². The van der Waals surface area contributed by atoms with Crippen molar-refractivity contribution in [1.29, 1.82) is 0 Å². The molecule has 1 aromatic rings. The van der Waals surface area contributed by atoms with Crippen LogP contribution in [-0.4, -0.2) is 10.5 Å². The SMILES string of the molecule is C=C(Cl)/C(Cl)=c1/cc(C(N)=O)n(C)c1=C.CC.